The van der Waals surface area contributed by atoms with E-state index in [4.69, 9.17) is 4.98 Å². The molecule has 152 valence electrons. The lowest BCUT2D eigenvalue weighted by Gasteiger charge is -2.25. The van der Waals surface area contributed by atoms with E-state index in [1.54, 1.807) is 16.2 Å². The number of aromatic nitrogens is 2. The predicted molar refractivity (Wildman–Crippen MR) is 117 cm³/mol. The molecular weight excluding hydrogens is 382 g/mol. The van der Waals surface area contributed by atoms with Gasteiger partial charge in [-0.1, -0.05) is 37.3 Å². The average molecular weight is 410 g/mol. The molecule has 0 fully saturated rings. The molecule has 6 heteroatoms. The van der Waals surface area contributed by atoms with Crippen LogP contribution in [0.2, 0.25) is 0 Å². The predicted octanol–water partition coefficient (Wildman–Crippen LogP) is 4.26. The number of hydrogen-bond donors (Lipinski definition) is 1. The molecule has 0 saturated heterocycles. The molecule has 0 saturated carbocycles. The summed E-state index contributed by atoms with van der Waals surface area (Å²) in [5.74, 6) is 1.31. The van der Waals surface area contributed by atoms with Crippen LogP contribution in [-0.4, -0.2) is 27.8 Å². The van der Waals surface area contributed by atoms with Gasteiger partial charge >= 0.3 is 0 Å². The van der Waals surface area contributed by atoms with Crippen molar-refractivity contribution in [3.63, 3.8) is 0 Å². The van der Waals surface area contributed by atoms with Crippen molar-refractivity contribution in [3.05, 3.63) is 62.5 Å². The first-order valence-corrected chi connectivity index (χ1v) is 11.1. The molecule has 0 aliphatic heterocycles. The Morgan fingerprint density at radius 3 is 2.86 bits per heavy atom. The van der Waals surface area contributed by atoms with Gasteiger partial charge in [0.1, 0.15) is 10.7 Å². The van der Waals surface area contributed by atoms with Crippen LogP contribution in [0.3, 0.4) is 0 Å². The quantitative estimate of drug-likeness (QED) is 0.685. The normalized spacial score (nSPS) is 17.1. The third-order valence-electron chi connectivity index (χ3n) is 6.05. The van der Waals surface area contributed by atoms with Crippen molar-refractivity contribution in [1.29, 1.82) is 0 Å². The number of carbonyl (C=O) groups is 1. The van der Waals surface area contributed by atoms with Crippen molar-refractivity contribution >= 4 is 27.5 Å². The summed E-state index contributed by atoms with van der Waals surface area (Å²) in [6.07, 6.45) is 3.88. The van der Waals surface area contributed by atoms with E-state index in [9.17, 15) is 9.59 Å². The Bertz CT molecular complexity index is 1090. The fourth-order valence-corrected chi connectivity index (χ4v) is 5.49. The van der Waals surface area contributed by atoms with Crippen molar-refractivity contribution in [3.8, 4) is 0 Å². The number of hydrogen-bond acceptors (Lipinski definition) is 4. The van der Waals surface area contributed by atoms with Crippen LogP contribution in [-0.2, 0) is 24.1 Å². The lowest BCUT2D eigenvalue weighted by Crippen LogP contribution is -2.30. The Morgan fingerprint density at radius 2 is 2.10 bits per heavy atom. The standard InChI is InChI=1S/C23H27N3O2S/c1-14-9-10-17-18(13-14)29-23-21(17)22(28)24-19(25-23)11-12-20(27)26(3)15(2)16-7-5-4-6-8-16/h4-8,14-15H,9-13H2,1-3H3,(H,24,25,28)/t14-,15+/m1/s1. The fourth-order valence-electron chi connectivity index (χ4n) is 4.08. The maximum Gasteiger partial charge on any atom is 0.259 e. The Kier molecular flexibility index (Phi) is 5.54. The third-order valence-corrected chi connectivity index (χ3v) is 7.19. The highest BCUT2D eigenvalue weighted by atomic mass is 32.1. The third kappa shape index (κ3) is 3.99. The van der Waals surface area contributed by atoms with Gasteiger partial charge in [-0.25, -0.2) is 4.98 Å². The summed E-state index contributed by atoms with van der Waals surface area (Å²) in [5.41, 5.74) is 2.24. The van der Waals surface area contributed by atoms with Gasteiger partial charge in [0.2, 0.25) is 5.91 Å². The molecule has 2 heterocycles. The van der Waals surface area contributed by atoms with Crippen LogP contribution in [0.1, 0.15) is 54.6 Å². The molecule has 0 unspecified atom stereocenters. The van der Waals surface area contributed by atoms with Gasteiger partial charge in [-0.15, -0.1) is 11.3 Å². The number of rotatable bonds is 5. The Hall–Kier alpha value is -2.47. The zero-order chi connectivity index (χ0) is 20.5. The van der Waals surface area contributed by atoms with Crippen molar-refractivity contribution < 1.29 is 4.79 Å². The number of nitrogens with one attached hydrogen (secondary N) is 1. The van der Waals surface area contributed by atoms with E-state index in [2.05, 4.69) is 11.9 Å². The topological polar surface area (TPSA) is 66.1 Å². The second-order valence-electron chi connectivity index (χ2n) is 8.14. The first-order chi connectivity index (χ1) is 13.9. The van der Waals surface area contributed by atoms with Crippen molar-refractivity contribution in [1.82, 2.24) is 14.9 Å². The monoisotopic (exact) mass is 409 g/mol. The number of aromatic amines is 1. The lowest BCUT2D eigenvalue weighted by molar-refractivity contribution is -0.131. The molecule has 0 radical (unpaired) electrons. The van der Waals surface area contributed by atoms with Crippen LogP contribution in [0.25, 0.3) is 10.2 Å². The molecule has 0 bridgehead atoms. The summed E-state index contributed by atoms with van der Waals surface area (Å²) in [7, 11) is 1.83. The Morgan fingerprint density at radius 1 is 1.34 bits per heavy atom. The zero-order valence-electron chi connectivity index (χ0n) is 17.2. The number of benzene rings is 1. The van der Waals surface area contributed by atoms with Gasteiger partial charge < -0.3 is 9.88 Å². The molecule has 1 N–H and O–H groups in total. The van der Waals surface area contributed by atoms with Crippen LogP contribution in [0.15, 0.2) is 35.1 Å². The molecule has 29 heavy (non-hydrogen) atoms. The second-order valence-corrected chi connectivity index (χ2v) is 9.22. The van der Waals surface area contributed by atoms with Crippen molar-refractivity contribution in [2.45, 2.75) is 52.0 Å². The highest BCUT2D eigenvalue weighted by Gasteiger charge is 2.23. The van der Waals surface area contributed by atoms with Gasteiger partial charge in [0, 0.05) is 24.8 Å². The Balaban J connectivity index is 1.48. The number of nitrogens with zero attached hydrogens (tertiary/aromatic N) is 2. The molecule has 1 aliphatic rings. The lowest BCUT2D eigenvalue weighted by atomic mass is 9.89. The molecule has 1 aliphatic carbocycles. The maximum absolute atomic E-state index is 12.7. The summed E-state index contributed by atoms with van der Waals surface area (Å²) in [5, 5.41) is 0.766. The number of amides is 1. The SMILES string of the molecule is C[C@@H]1CCc2c(sc3nc(CCC(=O)N(C)[C@@H](C)c4ccccc4)[nH]c(=O)c23)C1. The number of H-pyrrole nitrogens is 1. The van der Waals surface area contributed by atoms with Crippen LogP contribution in [0, 0.1) is 5.92 Å². The van der Waals surface area contributed by atoms with Crippen LogP contribution < -0.4 is 5.56 Å². The summed E-state index contributed by atoms with van der Waals surface area (Å²) < 4.78 is 0. The van der Waals surface area contributed by atoms with Gasteiger partial charge in [-0.05, 0) is 43.2 Å². The molecular formula is C23H27N3O2S. The summed E-state index contributed by atoms with van der Waals surface area (Å²) in [6, 6.07) is 10.00. The van der Waals surface area contributed by atoms with Gasteiger partial charge in [0.05, 0.1) is 11.4 Å². The molecule has 2 aromatic heterocycles. The summed E-state index contributed by atoms with van der Waals surface area (Å²) in [6.45, 7) is 4.28. The van der Waals surface area contributed by atoms with Gasteiger partial charge in [-0.2, -0.15) is 0 Å². The molecule has 1 amide bonds. The van der Waals surface area contributed by atoms with E-state index in [-0.39, 0.29) is 17.5 Å². The van der Waals surface area contributed by atoms with Gasteiger partial charge in [-0.3, -0.25) is 9.59 Å². The van der Waals surface area contributed by atoms with E-state index in [1.807, 2.05) is 44.3 Å². The average Bonchev–Trinajstić information content (AvgIpc) is 3.09. The molecule has 2 atom stereocenters. The number of carbonyl (C=O) groups excluding carboxylic acids is 1. The minimum atomic E-state index is -0.0597. The van der Waals surface area contributed by atoms with Crippen LogP contribution in [0.4, 0.5) is 0 Å². The largest absolute Gasteiger partial charge is 0.339 e. The maximum atomic E-state index is 12.7. The first-order valence-electron chi connectivity index (χ1n) is 10.3. The van der Waals surface area contributed by atoms with E-state index in [0.717, 1.165) is 35.0 Å². The van der Waals surface area contributed by atoms with Crippen LogP contribution >= 0.6 is 11.3 Å². The zero-order valence-corrected chi connectivity index (χ0v) is 18.0. The molecule has 3 aromatic rings. The highest BCUT2D eigenvalue weighted by molar-refractivity contribution is 7.18. The number of fused-ring (bicyclic) bond motifs is 3. The van der Waals surface area contributed by atoms with E-state index < -0.39 is 0 Å². The van der Waals surface area contributed by atoms with E-state index in [0.29, 0.717) is 24.6 Å². The highest BCUT2D eigenvalue weighted by Crippen LogP contribution is 2.35. The second kappa shape index (κ2) is 8.11. The van der Waals surface area contributed by atoms with E-state index in [1.165, 1.54) is 10.4 Å². The van der Waals surface area contributed by atoms with Gasteiger partial charge in [0.15, 0.2) is 0 Å². The molecule has 5 nitrogen and oxygen atoms in total. The molecule has 4 rings (SSSR count). The smallest absolute Gasteiger partial charge is 0.259 e. The number of thiophene rings is 1. The minimum absolute atomic E-state index is 0.00389. The molecule has 1 aromatic carbocycles. The van der Waals surface area contributed by atoms with Gasteiger partial charge in [0.25, 0.3) is 5.56 Å². The number of aryl methyl sites for hydroxylation is 2. The van der Waals surface area contributed by atoms with E-state index >= 15 is 0 Å². The minimum Gasteiger partial charge on any atom is -0.339 e. The summed E-state index contributed by atoms with van der Waals surface area (Å²) in [4.78, 5) is 36.9. The Labute approximate surface area is 174 Å². The van der Waals surface area contributed by atoms with Crippen LogP contribution in [0.5, 0.6) is 0 Å². The fraction of sp³-hybridized carbons (Fsp3) is 0.435. The first kappa shape index (κ1) is 19.8. The van der Waals surface area contributed by atoms with Crippen molar-refractivity contribution in [2.75, 3.05) is 7.05 Å². The van der Waals surface area contributed by atoms with Crippen molar-refractivity contribution in [2.24, 2.45) is 5.92 Å². The molecule has 0 spiro atoms. The summed E-state index contributed by atoms with van der Waals surface area (Å²) >= 11 is 1.65.